The number of amides is 1. The summed E-state index contributed by atoms with van der Waals surface area (Å²) in [7, 11) is 0. The van der Waals surface area contributed by atoms with E-state index >= 15 is 0 Å². The van der Waals surface area contributed by atoms with E-state index in [1.807, 2.05) is 32.2 Å². The number of hydrogen-bond acceptors (Lipinski definition) is 4. The van der Waals surface area contributed by atoms with Gasteiger partial charge < -0.3 is 9.84 Å². The Bertz CT molecular complexity index is 544. The van der Waals surface area contributed by atoms with E-state index in [9.17, 15) is 4.79 Å². The highest BCUT2D eigenvalue weighted by Gasteiger charge is 2.10. The summed E-state index contributed by atoms with van der Waals surface area (Å²) in [5, 5.41) is 6.80. The van der Waals surface area contributed by atoms with Crippen LogP contribution in [0.1, 0.15) is 29.0 Å². The number of rotatable bonds is 6. The molecule has 0 unspecified atom stereocenters. The molecule has 5 heteroatoms. The fraction of sp³-hybridized carbons (Fsp3) is 0.400. The Morgan fingerprint density at radius 1 is 1.35 bits per heavy atom. The second-order valence-electron chi connectivity index (χ2n) is 4.76. The normalized spacial score (nSPS) is 10.5. The Hall–Kier alpha value is -2.17. The van der Waals surface area contributed by atoms with Gasteiger partial charge in [-0.3, -0.25) is 9.78 Å². The molecule has 2 aromatic heterocycles. The summed E-state index contributed by atoms with van der Waals surface area (Å²) in [6.45, 7) is 4.40. The maximum Gasteiger partial charge on any atom is 0.220 e. The van der Waals surface area contributed by atoms with Gasteiger partial charge in [-0.25, -0.2) is 0 Å². The molecule has 106 valence electrons. The summed E-state index contributed by atoms with van der Waals surface area (Å²) in [5.74, 6) is 0.847. The molecule has 0 aliphatic rings. The standard InChI is InChI=1S/C15H19N3O2/c1-11-14(12(2)20-18-11)5-6-15(19)17-9-7-13-4-3-8-16-10-13/h3-4,8,10H,5-7,9H2,1-2H3,(H,17,19). The third-order valence-electron chi connectivity index (χ3n) is 3.24. The van der Waals surface area contributed by atoms with Gasteiger partial charge in [-0.15, -0.1) is 0 Å². The molecule has 0 saturated heterocycles. The van der Waals surface area contributed by atoms with E-state index in [-0.39, 0.29) is 5.91 Å². The maximum atomic E-state index is 11.8. The highest BCUT2D eigenvalue weighted by atomic mass is 16.5. The first-order valence-electron chi connectivity index (χ1n) is 6.74. The van der Waals surface area contributed by atoms with E-state index in [1.165, 1.54) is 0 Å². The Kier molecular flexibility index (Phi) is 4.87. The van der Waals surface area contributed by atoms with Crippen molar-refractivity contribution in [1.82, 2.24) is 15.5 Å². The van der Waals surface area contributed by atoms with Crippen LogP contribution in [0.2, 0.25) is 0 Å². The van der Waals surface area contributed by atoms with Crippen molar-refractivity contribution in [3.63, 3.8) is 0 Å². The molecule has 0 radical (unpaired) electrons. The summed E-state index contributed by atoms with van der Waals surface area (Å²) in [6, 6.07) is 3.90. The molecular formula is C15H19N3O2. The maximum absolute atomic E-state index is 11.8. The van der Waals surface area contributed by atoms with Gasteiger partial charge in [0.05, 0.1) is 5.69 Å². The third kappa shape index (κ3) is 3.91. The lowest BCUT2D eigenvalue weighted by atomic mass is 10.1. The number of nitrogens with zero attached hydrogens (tertiary/aromatic N) is 2. The van der Waals surface area contributed by atoms with Gasteiger partial charge in [0.1, 0.15) is 5.76 Å². The minimum atomic E-state index is 0.0499. The second-order valence-corrected chi connectivity index (χ2v) is 4.76. The molecule has 2 heterocycles. The predicted molar refractivity (Wildman–Crippen MR) is 75.2 cm³/mol. The molecule has 1 N–H and O–H groups in total. The van der Waals surface area contributed by atoms with Crippen LogP contribution in [0.15, 0.2) is 29.0 Å². The van der Waals surface area contributed by atoms with E-state index in [4.69, 9.17) is 4.52 Å². The minimum Gasteiger partial charge on any atom is -0.361 e. The van der Waals surface area contributed by atoms with E-state index in [2.05, 4.69) is 15.5 Å². The quantitative estimate of drug-likeness (QED) is 0.873. The lowest BCUT2D eigenvalue weighted by Crippen LogP contribution is -2.26. The zero-order valence-corrected chi connectivity index (χ0v) is 11.8. The van der Waals surface area contributed by atoms with Crippen LogP contribution in [0, 0.1) is 13.8 Å². The Balaban J connectivity index is 1.71. The van der Waals surface area contributed by atoms with Gasteiger partial charge >= 0.3 is 0 Å². The SMILES string of the molecule is Cc1noc(C)c1CCC(=O)NCCc1cccnc1. The molecule has 0 bridgehead atoms. The largest absolute Gasteiger partial charge is 0.361 e. The monoisotopic (exact) mass is 273 g/mol. The van der Waals surface area contributed by atoms with Crippen molar-refractivity contribution in [2.75, 3.05) is 6.54 Å². The van der Waals surface area contributed by atoms with Crippen LogP contribution in [0.3, 0.4) is 0 Å². The van der Waals surface area contributed by atoms with Gasteiger partial charge in [-0.1, -0.05) is 11.2 Å². The Morgan fingerprint density at radius 2 is 2.20 bits per heavy atom. The van der Waals surface area contributed by atoms with Crippen molar-refractivity contribution in [1.29, 1.82) is 0 Å². The summed E-state index contributed by atoms with van der Waals surface area (Å²) in [6.07, 6.45) is 5.47. The predicted octanol–water partition coefficient (Wildman–Crippen LogP) is 1.98. The van der Waals surface area contributed by atoms with Crippen LogP contribution < -0.4 is 5.32 Å². The summed E-state index contributed by atoms with van der Waals surface area (Å²) in [5.41, 5.74) is 3.02. The fourth-order valence-corrected chi connectivity index (χ4v) is 2.08. The average molecular weight is 273 g/mol. The van der Waals surface area contributed by atoms with Crippen LogP contribution in [-0.2, 0) is 17.6 Å². The summed E-state index contributed by atoms with van der Waals surface area (Å²) in [4.78, 5) is 15.8. The van der Waals surface area contributed by atoms with Crippen LogP contribution in [0.25, 0.3) is 0 Å². The topological polar surface area (TPSA) is 68.0 Å². The molecule has 0 atom stereocenters. The number of pyridine rings is 1. The van der Waals surface area contributed by atoms with Crippen molar-refractivity contribution in [2.24, 2.45) is 0 Å². The number of carbonyl (C=O) groups is 1. The molecule has 2 rings (SSSR count). The lowest BCUT2D eigenvalue weighted by Gasteiger charge is -2.05. The number of hydrogen-bond donors (Lipinski definition) is 1. The average Bonchev–Trinajstić information content (AvgIpc) is 2.77. The Morgan fingerprint density at radius 3 is 2.85 bits per heavy atom. The van der Waals surface area contributed by atoms with Gasteiger partial charge in [0.15, 0.2) is 0 Å². The number of nitrogens with one attached hydrogen (secondary N) is 1. The molecule has 0 saturated carbocycles. The number of aryl methyl sites for hydroxylation is 2. The van der Waals surface area contributed by atoms with Gasteiger partial charge in [0, 0.05) is 30.9 Å². The van der Waals surface area contributed by atoms with Crippen molar-refractivity contribution >= 4 is 5.91 Å². The van der Waals surface area contributed by atoms with Crippen LogP contribution in [0.5, 0.6) is 0 Å². The van der Waals surface area contributed by atoms with Gasteiger partial charge in [-0.05, 0) is 38.3 Å². The first kappa shape index (κ1) is 14.2. The molecule has 5 nitrogen and oxygen atoms in total. The molecule has 2 aromatic rings. The lowest BCUT2D eigenvalue weighted by molar-refractivity contribution is -0.121. The van der Waals surface area contributed by atoms with E-state index in [0.29, 0.717) is 19.4 Å². The van der Waals surface area contributed by atoms with Crippen LogP contribution in [0.4, 0.5) is 0 Å². The van der Waals surface area contributed by atoms with E-state index in [1.54, 1.807) is 6.20 Å². The number of carbonyl (C=O) groups excluding carboxylic acids is 1. The second kappa shape index (κ2) is 6.84. The molecule has 0 aliphatic heterocycles. The highest BCUT2D eigenvalue weighted by Crippen LogP contribution is 2.14. The molecule has 20 heavy (non-hydrogen) atoms. The van der Waals surface area contributed by atoms with Gasteiger partial charge in [0.2, 0.25) is 5.91 Å². The molecule has 1 amide bonds. The third-order valence-corrected chi connectivity index (χ3v) is 3.24. The minimum absolute atomic E-state index is 0.0499. The fourth-order valence-electron chi connectivity index (χ4n) is 2.08. The summed E-state index contributed by atoms with van der Waals surface area (Å²) < 4.78 is 5.08. The Labute approximate surface area is 118 Å². The van der Waals surface area contributed by atoms with Gasteiger partial charge in [0.25, 0.3) is 0 Å². The molecule has 0 aliphatic carbocycles. The van der Waals surface area contributed by atoms with Crippen molar-refractivity contribution in [3.8, 4) is 0 Å². The molecular weight excluding hydrogens is 254 g/mol. The zero-order chi connectivity index (χ0) is 14.4. The van der Waals surface area contributed by atoms with Crippen molar-refractivity contribution in [3.05, 3.63) is 47.1 Å². The van der Waals surface area contributed by atoms with Crippen molar-refractivity contribution < 1.29 is 9.32 Å². The van der Waals surface area contributed by atoms with Gasteiger partial charge in [-0.2, -0.15) is 0 Å². The smallest absolute Gasteiger partial charge is 0.220 e. The summed E-state index contributed by atoms with van der Waals surface area (Å²) >= 11 is 0. The van der Waals surface area contributed by atoms with Crippen molar-refractivity contribution in [2.45, 2.75) is 33.1 Å². The van der Waals surface area contributed by atoms with Crippen LogP contribution >= 0.6 is 0 Å². The van der Waals surface area contributed by atoms with E-state index in [0.717, 1.165) is 29.0 Å². The molecule has 0 fully saturated rings. The first-order valence-corrected chi connectivity index (χ1v) is 6.74. The van der Waals surface area contributed by atoms with Crippen LogP contribution in [-0.4, -0.2) is 22.6 Å². The highest BCUT2D eigenvalue weighted by molar-refractivity contribution is 5.76. The number of aromatic nitrogens is 2. The first-order chi connectivity index (χ1) is 9.66. The molecule has 0 aromatic carbocycles. The zero-order valence-electron chi connectivity index (χ0n) is 11.8. The van der Waals surface area contributed by atoms with E-state index < -0.39 is 0 Å². The molecule has 0 spiro atoms.